The molecule has 0 bridgehead atoms. The average molecular weight is 417 g/mol. The summed E-state index contributed by atoms with van der Waals surface area (Å²) in [5, 5.41) is 2.77. The van der Waals surface area contributed by atoms with Crippen molar-refractivity contribution < 1.29 is 18.0 Å². The third-order valence-corrected chi connectivity index (χ3v) is 6.60. The van der Waals surface area contributed by atoms with Crippen molar-refractivity contribution in [3.05, 3.63) is 54.4 Å². The van der Waals surface area contributed by atoms with Gasteiger partial charge in [-0.2, -0.15) is 0 Å². The quantitative estimate of drug-likeness (QED) is 0.660. The molecule has 9 heteroatoms. The van der Waals surface area contributed by atoms with E-state index < -0.39 is 10.0 Å². The summed E-state index contributed by atoms with van der Waals surface area (Å²) in [7, 11) is -2.30. The Kier molecular flexibility index (Phi) is 6.48. The molecule has 0 unspecified atom stereocenters. The Hall–Kier alpha value is -2.94. The fourth-order valence-electron chi connectivity index (χ4n) is 3.13. The summed E-state index contributed by atoms with van der Waals surface area (Å²) >= 11 is 0. The minimum absolute atomic E-state index is 0.134. The van der Waals surface area contributed by atoms with Crippen LogP contribution in [0.25, 0.3) is 0 Å². The number of nitrogens with zero attached hydrogens (tertiary/aromatic N) is 3. The second kappa shape index (κ2) is 9.04. The number of rotatable bonds is 8. The lowest BCUT2D eigenvalue weighted by molar-refractivity contribution is -0.127. The molecule has 8 nitrogen and oxygen atoms in total. The lowest BCUT2D eigenvalue weighted by Gasteiger charge is -2.20. The molecule has 1 fully saturated rings. The summed E-state index contributed by atoms with van der Waals surface area (Å²) in [6.07, 6.45) is 3.55. The fourth-order valence-corrected chi connectivity index (χ4v) is 4.34. The van der Waals surface area contributed by atoms with E-state index in [0.717, 1.165) is 17.3 Å². The maximum atomic E-state index is 12.7. The maximum Gasteiger partial charge on any atom is 0.269 e. The molecular formula is C20H24N4O4S. The topological polar surface area (TPSA) is 99.7 Å². The van der Waals surface area contributed by atoms with E-state index >= 15 is 0 Å². The van der Waals surface area contributed by atoms with Gasteiger partial charge >= 0.3 is 0 Å². The highest BCUT2D eigenvalue weighted by Crippen LogP contribution is 2.22. The fraction of sp³-hybridized carbons (Fsp3) is 0.350. The van der Waals surface area contributed by atoms with Crippen molar-refractivity contribution >= 4 is 27.5 Å². The molecule has 1 saturated heterocycles. The number of pyridine rings is 1. The average Bonchev–Trinajstić information content (AvgIpc) is 3.16. The number of hydrogen-bond donors (Lipinski definition) is 1. The van der Waals surface area contributed by atoms with E-state index in [4.69, 9.17) is 0 Å². The maximum absolute atomic E-state index is 12.7. The van der Waals surface area contributed by atoms with E-state index in [0.29, 0.717) is 31.6 Å². The second-order valence-electron chi connectivity index (χ2n) is 6.78. The zero-order chi connectivity index (χ0) is 20.9. The highest BCUT2D eigenvalue weighted by Gasteiger charge is 2.22. The van der Waals surface area contributed by atoms with Gasteiger partial charge in [0.05, 0.1) is 10.6 Å². The van der Waals surface area contributed by atoms with Gasteiger partial charge in [-0.15, -0.1) is 0 Å². The first-order valence-corrected chi connectivity index (χ1v) is 10.9. The van der Waals surface area contributed by atoms with Gasteiger partial charge in [0.2, 0.25) is 5.91 Å². The number of carbonyl (C=O) groups excluding carboxylic acids is 2. The number of amides is 2. The summed E-state index contributed by atoms with van der Waals surface area (Å²) in [5.41, 5.74) is 0.478. The number of aromatic nitrogens is 1. The van der Waals surface area contributed by atoms with Gasteiger partial charge < -0.3 is 10.2 Å². The second-order valence-corrected chi connectivity index (χ2v) is 8.75. The van der Waals surface area contributed by atoms with E-state index in [9.17, 15) is 18.0 Å². The highest BCUT2D eigenvalue weighted by molar-refractivity contribution is 7.92. The summed E-state index contributed by atoms with van der Waals surface area (Å²) in [5.74, 6) is -0.224. The van der Waals surface area contributed by atoms with Crippen molar-refractivity contribution in [2.24, 2.45) is 0 Å². The Balaban J connectivity index is 1.61. The van der Waals surface area contributed by atoms with Crippen molar-refractivity contribution in [3.8, 4) is 0 Å². The molecule has 29 heavy (non-hydrogen) atoms. The van der Waals surface area contributed by atoms with Gasteiger partial charge in [0, 0.05) is 39.3 Å². The van der Waals surface area contributed by atoms with Crippen molar-refractivity contribution in [1.29, 1.82) is 0 Å². The van der Waals surface area contributed by atoms with Gasteiger partial charge in [-0.05, 0) is 37.1 Å². The molecule has 2 amide bonds. The van der Waals surface area contributed by atoms with E-state index in [-0.39, 0.29) is 22.4 Å². The molecule has 154 valence electrons. The zero-order valence-corrected chi connectivity index (χ0v) is 17.1. The van der Waals surface area contributed by atoms with Crippen LogP contribution in [0.5, 0.6) is 0 Å². The number of sulfonamides is 1. The molecule has 0 radical (unpaired) electrons. The minimum atomic E-state index is -3.73. The van der Waals surface area contributed by atoms with E-state index in [1.165, 1.54) is 37.5 Å². The Bertz CT molecular complexity index is 979. The molecule has 1 aliphatic heterocycles. The Labute approximate surface area is 170 Å². The molecule has 0 spiro atoms. The zero-order valence-electron chi connectivity index (χ0n) is 16.2. The van der Waals surface area contributed by atoms with E-state index in [1.807, 2.05) is 0 Å². The summed E-state index contributed by atoms with van der Waals surface area (Å²) in [4.78, 5) is 30.0. The lowest BCUT2D eigenvalue weighted by atomic mass is 10.3. The number of likely N-dealkylation sites (tertiary alicyclic amines) is 1. The Morgan fingerprint density at radius 3 is 2.69 bits per heavy atom. The lowest BCUT2D eigenvalue weighted by Crippen LogP contribution is -2.31. The van der Waals surface area contributed by atoms with Crippen LogP contribution in [0.4, 0.5) is 5.69 Å². The van der Waals surface area contributed by atoms with E-state index in [1.54, 1.807) is 23.1 Å². The molecule has 0 atom stereocenters. The monoisotopic (exact) mass is 416 g/mol. The molecule has 0 saturated carbocycles. The smallest absolute Gasteiger partial charge is 0.269 e. The van der Waals surface area contributed by atoms with Gasteiger partial charge in [-0.25, -0.2) is 8.42 Å². The molecule has 1 aliphatic rings. The molecular weight excluding hydrogens is 392 g/mol. The number of nitrogens with one attached hydrogen (secondary N) is 1. The van der Waals surface area contributed by atoms with Crippen molar-refractivity contribution in [2.75, 3.05) is 31.0 Å². The van der Waals surface area contributed by atoms with Crippen molar-refractivity contribution in [2.45, 2.75) is 24.2 Å². The number of anilines is 1. The molecule has 1 aromatic carbocycles. The van der Waals surface area contributed by atoms with Crippen LogP contribution >= 0.6 is 0 Å². The van der Waals surface area contributed by atoms with Crippen molar-refractivity contribution in [3.63, 3.8) is 0 Å². The van der Waals surface area contributed by atoms with Crippen LogP contribution in [-0.4, -0.2) is 56.8 Å². The molecule has 2 heterocycles. The predicted molar refractivity (Wildman–Crippen MR) is 109 cm³/mol. The first kappa shape index (κ1) is 20.8. The van der Waals surface area contributed by atoms with Gasteiger partial charge in [-0.1, -0.05) is 18.2 Å². The van der Waals surface area contributed by atoms with Gasteiger partial charge in [0.1, 0.15) is 5.69 Å². The van der Waals surface area contributed by atoms with Crippen LogP contribution < -0.4 is 9.62 Å². The van der Waals surface area contributed by atoms with Crippen LogP contribution in [0.3, 0.4) is 0 Å². The first-order chi connectivity index (χ1) is 13.9. The van der Waals surface area contributed by atoms with E-state index in [2.05, 4.69) is 10.3 Å². The largest absolute Gasteiger partial charge is 0.351 e. The first-order valence-electron chi connectivity index (χ1n) is 9.45. The number of carbonyl (C=O) groups is 2. The molecule has 0 aliphatic carbocycles. The number of benzene rings is 1. The summed E-state index contributed by atoms with van der Waals surface area (Å²) in [6.45, 7) is 1.80. The minimum Gasteiger partial charge on any atom is -0.351 e. The van der Waals surface area contributed by atoms with Crippen LogP contribution in [0.1, 0.15) is 29.8 Å². The van der Waals surface area contributed by atoms with Crippen LogP contribution in [0.2, 0.25) is 0 Å². The third kappa shape index (κ3) is 4.92. The van der Waals surface area contributed by atoms with Gasteiger partial charge in [0.15, 0.2) is 0 Å². The van der Waals surface area contributed by atoms with Crippen LogP contribution in [-0.2, 0) is 14.8 Å². The Morgan fingerprint density at radius 2 is 2.00 bits per heavy atom. The van der Waals surface area contributed by atoms with Crippen LogP contribution in [0, 0.1) is 0 Å². The standard InChI is InChI=1S/C20H24N4O4S/c1-23(29(27,28)17-7-3-2-4-8-17)16-10-12-21-18(15-16)20(26)22-11-6-14-24-13-5-9-19(24)25/h2-4,7-8,10,12,15H,5-6,9,11,13-14H2,1H3,(H,22,26). The molecule has 3 rings (SSSR count). The van der Waals surface area contributed by atoms with Crippen LogP contribution in [0.15, 0.2) is 53.6 Å². The molecule has 1 aromatic heterocycles. The highest BCUT2D eigenvalue weighted by atomic mass is 32.2. The third-order valence-electron chi connectivity index (χ3n) is 4.80. The summed E-state index contributed by atoms with van der Waals surface area (Å²) < 4.78 is 26.6. The predicted octanol–water partition coefficient (Wildman–Crippen LogP) is 1.65. The SMILES string of the molecule is CN(c1ccnc(C(=O)NCCCN2CCCC2=O)c1)S(=O)(=O)c1ccccc1. The van der Waals surface area contributed by atoms with Crippen molar-refractivity contribution in [1.82, 2.24) is 15.2 Å². The Morgan fingerprint density at radius 1 is 1.24 bits per heavy atom. The number of hydrogen-bond acceptors (Lipinski definition) is 5. The van der Waals surface area contributed by atoms with Gasteiger partial charge in [0.25, 0.3) is 15.9 Å². The normalized spacial score (nSPS) is 14.1. The molecule has 1 N–H and O–H groups in total. The molecule has 2 aromatic rings. The van der Waals surface area contributed by atoms with Gasteiger partial charge in [-0.3, -0.25) is 18.9 Å². The summed E-state index contributed by atoms with van der Waals surface area (Å²) in [6, 6.07) is 11.1.